The third-order valence-electron chi connectivity index (χ3n) is 5.64. The van der Waals surface area contributed by atoms with Crippen LogP contribution in [0.4, 0.5) is 0 Å². The van der Waals surface area contributed by atoms with Crippen molar-refractivity contribution in [2.75, 3.05) is 26.8 Å². The van der Waals surface area contributed by atoms with Crippen molar-refractivity contribution in [1.29, 1.82) is 0 Å². The highest BCUT2D eigenvalue weighted by molar-refractivity contribution is 6.13. The normalized spacial score (nSPS) is 14.4. The molecule has 0 saturated carbocycles. The number of aliphatic carboxylic acids is 2. The summed E-state index contributed by atoms with van der Waals surface area (Å²) in [5.74, 6) is -0.644. The summed E-state index contributed by atoms with van der Waals surface area (Å²) in [6, 6.07) is 23.3. The summed E-state index contributed by atoms with van der Waals surface area (Å²) in [7, 11) is 1.94. The Morgan fingerprint density at radius 1 is 1.03 bits per heavy atom. The van der Waals surface area contributed by atoms with Gasteiger partial charge in [-0.05, 0) is 30.8 Å². The maximum atomic E-state index is 9.55. The average molecular weight is 475 g/mol. The Balaban J connectivity index is 0.000000314. The topological polar surface area (TPSA) is 110 Å². The van der Waals surface area contributed by atoms with E-state index in [1.54, 1.807) is 0 Å². The molecule has 8 nitrogen and oxygen atoms in total. The lowest BCUT2D eigenvalue weighted by Crippen LogP contribution is -2.22. The molecule has 2 heterocycles. The van der Waals surface area contributed by atoms with Crippen molar-refractivity contribution in [3.05, 3.63) is 84.4 Å². The molecular formula is C27H26N2O6. The van der Waals surface area contributed by atoms with Gasteiger partial charge in [0, 0.05) is 29.5 Å². The Labute approximate surface area is 202 Å². The van der Waals surface area contributed by atoms with Crippen LogP contribution < -0.4 is 14.8 Å². The van der Waals surface area contributed by atoms with Gasteiger partial charge in [0.1, 0.15) is 24.7 Å². The van der Waals surface area contributed by atoms with Crippen molar-refractivity contribution in [2.24, 2.45) is 0 Å². The number of carbonyl (C=O) groups is 2. The molecule has 1 atom stereocenters. The first-order valence-electron chi connectivity index (χ1n) is 11.2. The maximum Gasteiger partial charge on any atom is 0.328 e. The Kier molecular flexibility index (Phi) is 7.32. The van der Waals surface area contributed by atoms with Crippen LogP contribution in [-0.2, 0) is 9.59 Å². The molecule has 0 aliphatic carbocycles. The van der Waals surface area contributed by atoms with E-state index >= 15 is 0 Å². The van der Waals surface area contributed by atoms with E-state index in [2.05, 4.69) is 76.6 Å². The van der Waals surface area contributed by atoms with Crippen molar-refractivity contribution >= 4 is 33.7 Å². The molecule has 0 bridgehead atoms. The highest BCUT2D eigenvalue weighted by Crippen LogP contribution is 2.44. The van der Waals surface area contributed by atoms with Crippen LogP contribution in [0.1, 0.15) is 11.6 Å². The highest BCUT2D eigenvalue weighted by atomic mass is 16.5. The number of likely N-dealkylation sites (N-methyl/N-ethyl adjacent to an activating group) is 1. The van der Waals surface area contributed by atoms with Gasteiger partial charge in [-0.1, -0.05) is 48.5 Å². The van der Waals surface area contributed by atoms with E-state index in [4.69, 9.17) is 19.7 Å². The summed E-state index contributed by atoms with van der Waals surface area (Å²) in [6.07, 6.45) is 1.12. The van der Waals surface area contributed by atoms with Gasteiger partial charge in [-0.3, -0.25) is 0 Å². The molecule has 35 heavy (non-hydrogen) atoms. The molecule has 3 N–H and O–H groups in total. The van der Waals surface area contributed by atoms with Gasteiger partial charge in [0.2, 0.25) is 0 Å². The predicted molar refractivity (Wildman–Crippen MR) is 133 cm³/mol. The Bertz CT molecular complexity index is 1360. The van der Waals surface area contributed by atoms with E-state index in [1.165, 1.54) is 16.5 Å². The lowest BCUT2D eigenvalue weighted by atomic mass is 10.1. The number of nitrogens with zero attached hydrogens (tertiary/aromatic N) is 1. The monoisotopic (exact) mass is 474 g/mol. The smallest absolute Gasteiger partial charge is 0.328 e. The number of rotatable bonds is 7. The minimum Gasteiger partial charge on any atom is -0.492 e. The van der Waals surface area contributed by atoms with Crippen LogP contribution in [0.15, 0.2) is 78.9 Å². The molecule has 0 saturated heterocycles. The van der Waals surface area contributed by atoms with Crippen LogP contribution >= 0.6 is 0 Å². The zero-order chi connectivity index (χ0) is 24.8. The zero-order valence-electron chi connectivity index (χ0n) is 19.2. The number of carboxylic acid groups (broad SMARTS) is 2. The summed E-state index contributed by atoms with van der Waals surface area (Å²) in [4.78, 5) is 19.1. The van der Waals surface area contributed by atoms with E-state index in [-0.39, 0.29) is 6.04 Å². The standard InChI is InChI=1S/C23H22N2O2.C4H4O4/c1-24-13-14-26-20-11-6-10-18-22(20)17-9-5-12-21-23(17)25(18)19(15-27-21)16-7-3-2-4-8-16;5-3(6)1-2-4(7)8/h2-12,19,24H,13-15H2,1H3;1-2H,(H,5,6)(H,7,8)/b;2-1-. The van der Waals surface area contributed by atoms with Crippen molar-refractivity contribution < 1.29 is 29.3 Å². The average Bonchev–Trinajstić information content (AvgIpc) is 3.21. The molecule has 8 heteroatoms. The van der Waals surface area contributed by atoms with Crippen LogP contribution in [0.3, 0.4) is 0 Å². The highest BCUT2D eigenvalue weighted by Gasteiger charge is 2.28. The third kappa shape index (κ3) is 5.12. The second-order valence-corrected chi connectivity index (χ2v) is 7.87. The summed E-state index contributed by atoms with van der Waals surface area (Å²) >= 11 is 0. The summed E-state index contributed by atoms with van der Waals surface area (Å²) in [5, 5.41) is 21.1. The number of benzene rings is 3. The SMILES string of the molecule is CNCCOc1cccc2c1c1cccc3c1n2C(c1ccccc1)CO3.O=C(O)/C=C\C(=O)O. The van der Waals surface area contributed by atoms with E-state index < -0.39 is 11.9 Å². The number of hydrogen-bond donors (Lipinski definition) is 3. The predicted octanol–water partition coefficient (Wildman–Crippen LogP) is 4.09. The Hall–Kier alpha value is -4.30. The molecule has 5 rings (SSSR count). The first-order chi connectivity index (χ1) is 17.0. The molecule has 0 spiro atoms. The third-order valence-corrected chi connectivity index (χ3v) is 5.64. The Morgan fingerprint density at radius 3 is 2.43 bits per heavy atom. The van der Waals surface area contributed by atoms with Crippen molar-refractivity contribution in [3.63, 3.8) is 0 Å². The quantitative estimate of drug-likeness (QED) is 0.273. The van der Waals surface area contributed by atoms with Crippen LogP contribution in [0.5, 0.6) is 11.5 Å². The second kappa shape index (κ2) is 10.8. The van der Waals surface area contributed by atoms with Crippen LogP contribution in [0.25, 0.3) is 21.8 Å². The molecule has 180 valence electrons. The van der Waals surface area contributed by atoms with Crippen molar-refractivity contribution in [1.82, 2.24) is 9.88 Å². The molecule has 3 aromatic carbocycles. The fourth-order valence-electron chi connectivity index (χ4n) is 4.21. The van der Waals surface area contributed by atoms with E-state index in [0.717, 1.165) is 28.9 Å². The van der Waals surface area contributed by atoms with Crippen molar-refractivity contribution in [3.8, 4) is 11.5 Å². The van der Waals surface area contributed by atoms with E-state index in [0.29, 0.717) is 25.4 Å². The summed E-state index contributed by atoms with van der Waals surface area (Å²) in [5.41, 5.74) is 3.60. The van der Waals surface area contributed by atoms with Gasteiger partial charge in [-0.2, -0.15) is 0 Å². The lowest BCUT2D eigenvalue weighted by molar-refractivity contribution is -0.134. The minimum absolute atomic E-state index is 0.147. The number of carboxylic acids is 2. The van der Waals surface area contributed by atoms with Gasteiger partial charge in [0.25, 0.3) is 0 Å². The number of fused-ring (bicyclic) bond motifs is 3. The van der Waals surface area contributed by atoms with Crippen LogP contribution in [0, 0.1) is 0 Å². The minimum atomic E-state index is -1.26. The van der Waals surface area contributed by atoms with Gasteiger partial charge in [0.05, 0.1) is 17.1 Å². The van der Waals surface area contributed by atoms with Crippen LogP contribution in [0.2, 0.25) is 0 Å². The first kappa shape index (κ1) is 23.8. The first-order valence-corrected chi connectivity index (χ1v) is 11.2. The fourth-order valence-corrected chi connectivity index (χ4v) is 4.21. The van der Waals surface area contributed by atoms with Gasteiger partial charge < -0.3 is 29.6 Å². The van der Waals surface area contributed by atoms with Gasteiger partial charge in [-0.15, -0.1) is 0 Å². The van der Waals surface area contributed by atoms with Crippen molar-refractivity contribution in [2.45, 2.75) is 6.04 Å². The van der Waals surface area contributed by atoms with Gasteiger partial charge in [-0.25, -0.2) is 9.59 Å². The molecule has 1 aromatic heterocycles. The molecule has 1 aliphatic rings. The largest absolute Gasteiger partial charge is 0.492 e. The molecule has 0 fully saturated rings. The Morgan fingerprint density at radius 2 is 1.74 bits per heavy atom. The second-order valence-electron chi connectivity index (χ2n) is 7.87. The number of hydrogen-bond acceptors (Lipinski definition) is 5. The number of nitrogens with one attached hydrogen (secondary N) is 1. The van der Waals surface area contributed by atoms with Crippen LogP contribution in [-0.4, -0.2) is 53.5 Å². The molecule has 0 amide bonds. The summed E-state index contributed by atoms with van der Waals surface area (Å²) in [6.45, 7) is 2.08. The number of para-hydroxylation sites is 1. The maximum absolute atomic E-state index is 9.55. The number of ether oxygens (including phenoxy) is 2. The lowest BCUT2D eigenvalue weighted by Gasteiger charge is -2.27. The van der Waals surface area contributed by atoms with Gasteiger partial charge >= 0.3 is 11.9 Å². The fraction of sp³-hybridized carbons (Fsp3) is 0.185. The molecule has 0 radical (unpaired) electrons. The number of aromatic nitrogens is 1. The zero-order valence-corrected chi connectivity index (χ0v) is 19.2. The summed E-state index contributed by atoms with van der Waals surface area (Å²) < 4.78 is 14.7. The van der Waals surface area contributed by atoms with E-state index in [1.807, 2.05) is 7.05 Å². The van der Waals surface area contributed by atoms with E-state index in [9.17, 15) is 9.59 Å². The van der Waals surface area contributed by atoms with Gasteiger partial charge in [0.15, 0.2) is 0 Å². The molecule has 4 aromatic rings. The molecular weight excluding hydrogens is 448 g/mol. The molecule has 1 aliphatic heterocycles. The molecule has 1 unspecified atom stereocenters.